The van der Waals surface area contributed by atoms with Gasteiger partial charge in [0.15, 0.2) is 12.6 Å². The molecule has 0 saturated carbocycles. The molecule has 6 N–H and O–H groups in total. The molecule has 0 amide bonds. The van der Waals surface area contributed by atoms with Crippen molar-refractivity contribution in [2.45, 2.75) is 191 Å². The largest absolute Gasteiger partial charge is 0.481 e. The Morgan fingerprint density at radius 3 is 1.94 bits per heavy atom. The molecule has 47 heavy (non-hydrogen) atoms. The van der Waals surface area contributed by atoms with Gasteiger partial charge >= 0.3 is 11.9 Å². The molecule has 0 bridgehead atoms. The highest BCUT2D eigenvalue weighted by atomic mass is 16.8. The molecule has 2 fully saturated rings. The Hall–Kier alpha value is -1.68. The molecule has 2 aliphatic rings. The summed E-state index contributed by atoms with van der Waals surface area (Å²) in [5, 5.41) is 61.8. The molecular weight excluding hydrogens is 616 g/mol. The van der Waals surface area contributed by atoms with E-state index in [4.69, 9.17) is 23.7 Å². The van der Waals surface area contributed by atoms with E-state index in [1.165, 1.54) is 13.8 Å². The van der Waals surface area contributed by atoms with E-state index in [0.29, 0.717) is 12.8 Å². The van der Waals surface area contributed by atoms with Crippen LogP contribution in [0.3, 0.4) is 0 Å². The van der Waals surface area contributed by atoms with E-state index in [-0.39, 0.29) is 19.3 Å². The van der Waals surface area contributed by atoms with Crippen molar-refractivity contribution in [2.75, 3.05) is 0 Å². The lowest BCUT2D eigenvalue weighted by atomic mass is 9.97. The number of aliphatic hydroxyl groups excluding tert-OH is 5. The first-order chi connectivity index (χ1) is 22.4. The Labute approximate surface area is 279 Å². The molecule has 274 valence electrons. The number of aliphatic hydroxyl groups is 5. The molecule has 0 spiro atoms. The van der Waals surface area contributed by atoms with Gasteiger partial charge < -0.3 is 54.3 Å². The number of aliphatic carboxylic acids is 1. The van der Waals surface area contributed by atoms with Crippen molar-refractivity contribution in [3.8, 4) is 0 Å². The van der Waals surface area contributed by atoms with Crippen LogP contribution in [0.4, 0.5) is 0 Å². The normalized spacial score (nSPS) is 32.7. The number of ether oxygens (including phenoxy) is 5. The minimum atomic E-state index is -1.67. The van der Waals surface area contributed by atoms with Crippen molar-refractivity contribution in [1.29, 1.82) is 0 Å². The quantitative estimate of drug-likeness (QED) is 0.0555. The van der Waals surface area contributed by atoms with Gasteiger partial charge in [0, 0.05) is 6.42 Å². The monoisotopic (exact) mass is 676 g/mol. The fourth-order valence-corrected chi connectivity index (χ4v) is 5.76. The van der Waals surface area contributed by atoms with E-state index in [9.17, 15) is 40.2 Å². The minimum absolute atomic E-state index is 0.227. The topological polar surface area (TPSA) is 202 Å². The summed E-state index contributed by atoms with van der Waals surface area (Å²) in [5.74, 6) is -1.73. The number of carbonyl (C=O) groups is 2. The summed E-state index contributed by atoms with van der Waals surface area (Å²) in [4.78, 5) is 24.7. The summed E-state index contributed by atoms with van der Waals surface area (Å²) in [6, 6.07) is 0. The van der Waals surface area contributed by atoms with Crippen LogP contribution in [-0.4, -0.2) is 116 Å². The van der Waals surface area contributed by atoms with Gasteiger partial charge in [0.25, 0.3) is 0 Å². The Morgan fingerprint density at radius 1 is 0.702 bits per heavy atom. The number of carboxylic acid groups (broad SMARTS) is 1. The number of hydrogen-bond acceptors (Lipinski definition) is 12. The van der Waals surface area contributed by atoms with Gasteiger partial charge in [-0.15, -0.1) is 0 Å². The van der Waals surface area contributed by atoms with Gasteiger partial charge in [-0.1, -0.05) is 77.4 Å². The summed E-state index contributed by atoms with van der Waals surface area (Å²) in [6.07, 6.45) is -1.26. The lowest BCUT2D eigenvalue weighted by molar-refractivity contribution is -0.366. The zero-order valence-corrected chi connectivity index (χ0v) is 28.5. The van der Waals surface area contributed by atoms with Crippen molar-refractivity contribution in [2.24, 2.45) is 0 Å². The summed E-state index contributed by atoms with van der Waals surface area (Å²) in [7, 11) is 0. The number of carbonyl (C=O) groups excluding carboxylic acids is 1. The molecule has 13 heteroatoms. The Bertz CT molecular complexity index is 916. The number of carboxylic acids is 1. The van der Waals surface area contributed by atoms with E-state index in [2.05, 4.69) is 13.8 Å². The van der Waals surface area contributed by atoms with Gasteiger partial charge in [0.05, 0.1) is 31.2 Å². The van der Waals surface area contributed by atoms with Gasteiger partial charge in [0.2, 0.25) is 0 Å². The number of rotatable bonds is 22. The van der Waals surface area contributed by atoms with Gasteiger partial charge in [-0.2, -0.15) is 0 Å². The fraction of sp³-hybridized carbons (Fsp3) is 0.882. The maximum Gasteiger partial charge on any atom is 0.308 e. The lowest BCUT2D eigenvalue weighted by Crippen LogP contribution is -2.63. The van der Waals surface area contributed by atoms with Crippen LogP contribution in [0.25, 0.3) is 0 Å². The highest BCUT2D eigenvalue weighted by molar-refractivity contribution is 5.72. The second-order valence-corrected chi connectivity index (χ2v) is 12.9. The van der Waals surface area contributed by atoms with Crippen molar-refractivity contribution in [3.05, 3.63) is 12.2 Å². The van der Waals surface area contributed by atoms with Crippen LogP contribution in [0, 0.1) is 0 Å². The Kier molecular flexibility index (Phi) is 19.5. The summed E-state index contributed by atoms with van der Waals surface area (Å²) in [5.41, 5.74) is 0. The third kappa shape index (κ3) is 14.4. The average Bonchev–Trinajstić information content (AvgIpc) is 3.02. The second-order valence-electron chi connectivity index (χ2n) is 12.9. The summed E-state index contributed by atoms with van der Waals surface area (Å²) in [6.45, 7) is 7.26. The third-order valence-corrected chi connectivity index (χ3v) is 8.73. The van der Waals surface area contributed by atoms with Crippen LogP contribution < -0.4 is 0 Å². The van der Waals surface area contributed by atoms with Crippen molar-refractivity contribution < 1.29 is 63.9 Å². The first-order valence-electron chi connectivity index (χ1n) is 17.5. The first kappa shape index (κ1) is 41.5. The molecular formula is C34H60O13. The fourth-order valence-electron chi connectivity index (χ4n) is 5.76. The summed E-state index contributed by atoms with van der Waals surface area (Å²) >= 11 is 0. The zero-order chi connectivity index (χ0) is 34.9. The van der Waals surface area contributed by atoms with Crippen LogP contribution in [-0.2, 0) is 33.3 Å². The van der Waals surface area contributed by atoms with E-state index in [1.54, 1.807) is 0 Å². The molecule has 0 aromatic carbocycles. The first-order valence-corrected chi connectivity index (χ1v) is 17.5. The number of esters is 1. The molecule has 2 saturated heterocycles. The van der Waals surface area contributed by atoms with Gasteiger partial charge in [-0.25, -0.2) is 0 Å². The lowest BCUT2D eigenvalue weighted by Gasteiger charge is -2.46. The van der Waals surface area contributed by atoms with Crippen LogP contribution in [0.2, 0.25) is 0 Å². The standard InChI is InChI=1S/C34H60O13/c1-5-7-9-11-12-14-16-17-23(19-25(35)36)45-26(37)20-24(18-15-13-10-8-6-2)46-34-32(30(41)28(39)22(4)44-34)47-33-31(42)29(40)27(38)21(3)43-33/h14,16,21-24,27-34,38-42H,5-13,15,17-20H2,1-4H3,(H,35,36)/b16-14+/t21-,22-,23?,24?,27-,28-,29+,30+,31+,32+,33-,34-/m0/s1. The van der Waals surface area contributed by atoms with Crippen molar-refractivity contribution >= 4 is 11.9 Å². The van der Waals surface area contributed by atoms with Crippen LogP contribution in [0.5, 0.6) is 0 Å². The number of unbranched alkanes of at least 4 members (excludes halogenated alkanes) is 8. The molecule has 0 aliphatic carbocycles. The molecule has 0 aromatic rings. The van der Waals surface area contributed by atoms with Crippen molar-refractivity contribution in [1.82, 2.24) is 0 Å². The third-order valence-electron chi connectivity index (χ3n) is 8.73. The molecule has 0 radical (unpaired) electrons. The molecule has 2 aliphatic heterocycles. The van der Waals surface area contributed by atoms with E-state index in [0.717, 1.165) is 57.8 Å². The average molecular weight is 677 g/mol. The predicted molar refractivity (Wildman–Crippen MR) is 171 cm³/mol. The molecule has 2 heterocycles. The molecule has 12 atom stereocenters. The Morgan fingerprint density at radius 2 is 1.30 bits per heavy atom. The number of hydrogen-bond donors (Lipinski definition) is 6. The highest BCUT2D eigenvalue weighted by Crippen LogP contribution is 2.31. The summed E-state index contributed by atoms with van der Waals surface area (Å²) < 4.78 is 29.1. The highest BCUT2D eigenvalue weighted by Gasteiger charge is 2.50. The van der Waals surface area contributed by atoms with Crippen LogP contribution in [0.15, 0.2) is 12.2 Å². The van der Waals surface area contributed by atoms with E-state index >= 15 is 0 Å². The van der Waals surface area contributed by atoms with Gasteiger partial charge in [0.1, 0.15) is 42.7 Å². The molecule has 13 nitrogen and oxygen atoms in total. The van der Waals surface area contributed by atoms with E-state index in [1.807, 2.05) is 12.2 Å². The predicted octanol–water partition coefficient (Wildman–Crippen LogP) is 3.10. The van der Waals surface area contributed by atoms with Gasteiger partial charge in [-0.3, -0.25) is 9.59 Å². The molecule has 2 unspecified atom stereocenters. The zero-order valence-electron chi connectivity index (χ0n) is 28.5. The molecule has 0 aromatic heterocycles. The van der Waals surface area contributed by atoms with E-state index < -0.39 is 85.6 Å². The number of allylic oxidation sites excluding steroid dienone is 1. The maximum atomic E-state index is 13.2. The van der Waals surface area contributed by atoms with Crippen molar-refractivity contribution in [3.63, 3.8) is 0 Å². The maximum absolute atomic E-state index is 13.2. The minimum Gasteiger partial charge on any atom is -0.481 e. The van der Waals surface area contributed by atoms with Crippen LogP contribution >= 0.6 is 0 Å². The Balaban J connectivity index is 2.16. The van der Waals surface area contributed by atoms with Crippen LogP contribution in [0.1, 0.15) is 118 Å². The molecule has 2 rings (SSSR count). The SMILES string of the molecule is CCCCCC/C=C/CC(CC(=O)O)OC(=O)CC(CCCCCCC)O[C@@H]1O[C@@H](C)[C@H](O)[C@@H](O)[C@H]1O[C@@H]1O[C@@H](C)[C@H](O)[C@@H](O)[C@H]1O. The van der Waals surface area contributed by atoms with Gasteiger partial charge in [-0.05, 0) is 33.1 Å². The smallest absolute Gasteiger partial charge is 0.308 e. The second kappa shape index (κ2) is 22.1.